The van der Waals surface area contributed by atoms with Crippen molar-refractivity contribution in [2.24, 2.45) is 5.92 Å². The van der Waals surface area contributed by atoms with Crippen LogP contribution in [0.1, 0.15) is 42.9 Å². The summed E-state index contributed by atoms with van der Waals surface area (Å²) in [4.78, 5) is 20.6. The summed E-state index contributed by atoms with van der Waals surface area (Å²) in [6.45, 7) is 4.51. The van der Waals surface area contributed by atoms with E-state index in [-0.39, 0.29) is 5.91 Å². The van der Waals surface area contributed by atoms with Crippen LogP contribution in [-0.2, 0) is 5.54 Å². The zero-order chi connectivity index (χ0) is 20.4. The SMILES string of the molecule is CC(C)(NC(=O)c1ccc(-c2ccc(Cl)cc2)c(OCC2CC2)n1)c1ccc[nH]1. The molecule has 1 fully saturated rings. The van der Waals surface area contributed by atoms with Gasteiger partial charge in [0.25, 0.3) is 5.91 Å². The molecule has 2 N–H and O–H groups in total. The maximum Gasteiger partial charge on any atom is 0.270 e. The van der Waals surface area contributed by atoms with E-state index < -0.39 is 5.54 Å². The first kappa shape index (κ1) is 19.5. The molecule has 150 valence electrons. The van der Waals surface area contributed by atoms with Crippen LogP contribution in [0.25, 0.3) is 11.1 Å². The Morgan fingerprint density at radius 1 is 1.21 bits per heavy atom. The van der Waals surface area contributed by atoms with Gasteiger partial charge in [-0.15, -0.1) is 0 Å². The number of nitrogens with zero attached hydrogens (tertiary/aromatic N) is 1. The quantitative estimate of drug-likeness (QED) is 0.564. The van der Waals surface area contributed by atoms with Crippen molar-refractivity contribution in [2.45, 2.75) is 32.2 Å². The summed E-state index contributed by atoms with van der Waals surface area (Å²) in [5.41, 5.74) is 2.50. The Kier molecular flexibility index (Phi) is 5.33. The van der Waals surface area contributed by atoms with E-state index in [0.717, 1.165) is 16.8 Å². The van der Waals surface area contributed by atoms with Crippen LogP contribution in [0.4, 0.5) is 0 Å². The minimum Gasteiger partial charge on any atom is -0.477 e. The fourth-order valence-corrected chi connectivity index (χ4v) is 3.27. The fourth-order valence-electron chi connectivity index (χ4n) is 3.14. The van der Waals surface area contributed by atoms with Gasteiger partial charge in [0, 0.05) is 22.5 Å². The molecule has 0 radical (unpaired) electrons. The lowest BCUT2D eigenvalue weighted by Crippen LogP contribution is -2.41. The van der Waals surface area contributed by atoms with Gasteiger partial charge >= 0.3 is 0 Å². The molecule has 1 aromatic carbocycles. The smallest absolute Gasteiger partial charge is 0.270 e. The predicted molar refractivity (Wildman–Crippen MR) is 114 cm³/mol. The number of carbonyl (C=O) groups is 1. The number of H-pyrrole nitrogens is 1. The highest BCUT2D eigenvalue weighted by atomic mass is 35.5. The number of hydrogen-bond donors (Lipinski definition) is 2. The third-order valence-electron chi connectivity index (χ3n) is 5.10. The minimum atomic E-state index is -0.549. The van der Waals surface area contributed by atoms with Gasteiger partial charge in [0.1, 0.15) is 5.69 Å². The Balaban J connectivity index is 1.60. The standard InChI is InChI=1S/C23H24ClN3O2/c1-23(2,20-4-3-13-25-20)27-21(28)19-12-11-18(16-7-9-17(24)10-8-16)22(26-19)29-14-15-5-6-15/h3-4,7-13,15,25H,5-6,14H2,1-2H3,(H,27,28). The molecule has 0 spiro atoms. The van der Waals surface area contributed by atoms with Crippen LogP contribution in [0.2, 0.25) is 5.02 Å². The van der Waals surface area contributed by atoms with Crippen LogP contribution in [0, 0.1) is 5.92 Å². The maximum atomic E-state index is 12.9. The van der Waals surface area contributed by atoms with Gasteiger partial charge in [-0.1, -0.05) is 23.7 Å². The van der Waals surface area contributed by atoms with E-state index in [0.29, 0.717) is 29.1 Å². The molecule has 4 rings (SSSR count). The van der Waals surface area contributed by atoms with Crippen molar-refractivity contribution >= 4 is 17.5 Å². The highest BCUT2D eigenvalue weighted by molar-refractivity contribution is 6.30. The van der Waals surface area contributed by atoms with Crippen LogP contribution in [0.5, 0.6) is 5.88 Å². The molecule has 1 aliphatic carbocycles. The van der Waals surface area contributed by atoms with E-state index in [1.54, 1.807) is 6.07 Å². The number of ether oxygens (including phenoxy) is 1. The molecule has 1 saturated carbocycles. The molecule has 0 aliphatic heterocycles. The largest absolute Gasteiger partial charge is 0.477 e. The van der Waals surface area contributed by atoms with E-state index >= 15 is 0 Å². The number of nitrogens with one attached hydrogen (secondary N) is 2. The summed E-state index contributed by atoms with van der Waals surface area (Å²) in [5, 5.41) is 3.71. The molecule has 3 aromatic rings. The maximum absolute atomic E-state index is 12.9. The molecule has 0 saturated heterocycles. The summed E-state index contributed by atoms with van der Waals surface area (Å²) >= 11 is 6.02. The number of halogens is 1. The van der Waals surface area contributed by atoms with E-state index in [4.69, 9.17) is 16.3 Å². The van der Waals surface area contributed by atoms with Crippen molar-refractivity contribution in [1.82, 2.24) is 15.3 Å². The lowest BCUT2D eigenvalue weighted by atomic mass is 10.0. The topological polar surface area (TPSA) is 67.0 Å². The average molecular weight is 410 g/mol. The minimum absolute atomic E-state index is 0.247. The monoisotopic (exact) mass is 409 g/mol. The first-order valence-electron chi connectivity index (χ1n) is 9.78. The Bertz CT molecular complexity index is 993. The van der Waals surface area contributed by atoms with Crippen LogP contribution in [0.15, 0.2) is 54.7 Å². The van der Waals surface area contributed by atoms with E-state index in [1.165, 1.54) is 12.8 Å². The number of benzene rings is 1. The lowest BCUT2D eigenvalue weighted by molar-refractivity contribution is 0.0904. The summed E-state index contributed by atoms with van der Waals surface area (Å²) in [6, 6.07) is 15.0. The van der Waals surface area contributed by atoms with Crippen LogP contribution in [-0.4, -0.2) is 22.5 Å². The van der Waals surface area contributed by atoms with Crippen molar-refractivity contribution in [3.63, 3.8) is 0 Å². The normalized spacial score (nSPS) is 13.9. The Labute approximate surface area is 175 Å². The summed E-state index contributed by atoms with van der Waals surface area (Å²) in [7, 11) is 0. The summed E-state index contributed by atoms with van der Waals surface area (Å²) in [6.07, 6.45) is 4.20. The Morgan fingerprint density at radius 3 is 2.62 bits per heavy atom. The molecular formula is C23H24ClN3O2. The zero-order valence-corrected chi connectivity index (χ0v) is 17.3. The number of aromatic amines is 1. The molecule has 2 aromatic heterocycles. The van der Waals surface area contributed by atoms with Gasteiger partial charge < -0.3 is 15.0 Å². The Morgan fingerprint density at radius 2 is 1.97 bits per heavy atom. The first-order chi connectivity index (χ1) is 13.9. The van der Waals surface area contributed by atoms with Crippen molar-refractivity contribution in [3.05, 3.63) is 71.1 Å². The third kappa shape index (κ3) is 4.62. The van der Waals surface area contributed by atoms with Crippen LogP contribution >= 0.6 is 11.6 Å². The average Bonchev–Trinajstić information content (AvgIpc) is 3.35. The highest BCUT2D eigenvalue weighted by Gasteiger charge is 2.26. The number of aromatic nitrogens is 2. The van der Waals surface area contributed by atoms with Gasteiger partial charge in [-0.25, -0.2) is 4.98 Å². The zero-order valence-electron chi connectivity index (χ0n) is 16.5. The number of rotatable bonds is 7. The summed E-state index contributed by atoms with van der Waals surface area (Å²) in [5.74, 6) is 0.812. The molecule has 0 bridgehead atoms. The van der Waals surface area contributed by atoms with Gasteiger partial charge in [0.2, 0.25) is 5.88 Å². The third-order valence-corrected chi connectivity index (χ3v) is 5.35. The van der Waals surface area contributed by atoms with E-state index in [2.05, 4.69) is 15.3 Å². The van der Waals surface area contributed by atoms with Crippen LogP contribution in [0.3, 0.4) is 0 Å². The van der Waals surface area contributed by atoms with E-state index in [9.17, 15) is 4.79 Å². The summed E-state index contributed by atoms with van der Waals surface area (Å²) < 4.78 is 6.01. The Hall–Kier alpha value is -2.79. The molecule has 29 heavy (non-hydrogen) atoms. The second kappa shape index (κ2) is 7.91. The van der Waals surface area contributed by atoms with Crippen molar-refractivity contribution in [3.8, 4) is 17.0 Å². The highest BCUT2D eigenvalue weighted by Crippen LogP contribution is 2.33. The molecular weight excluding hydrogens is 386 g/mol. The van der Waals surface area contributed by atoms with Crippen molar-refractivity contribution in [1.29, 1.82) is 0 Å². The van der Waals surface area contributed by atoms with Crippen LogP contribution < -0.4 is 10.1 Å². The van der Waals surface area contributed by atoms with Gasteiger partial charge in [-0.2, -0.15) is 0 Å². The predicted octanol–water partition coefficient (Wildman–Crippen LogP) is 5.18. The molecule has 0 atom stereocenters. The van der Waals surface area contributed by atoms with Gasteiger partial charge in [0.15, 0.2) is 0 Å². The molecule has 2 heterocycles. The van der Waals surface area contributed by atoms with Crippen molar-refractivity contribution in [2.75, 3.05) is 6.61 Å². The second-order valence-electron chi connectivity index (χ2n) is 7.97. The van der Waals surface area contributed by atoms with Gasteiger partial charge in [0.05, 0.1) is 12.1 Å². The molecule has 0 unspecified atom stereocenters. The van der Waals surface area contributed by atoms with E-state index in [1.807, 2.05) is 62.5 Å². The van der Waals surface area contributed by atoms with Gasteiger partial charge in [-0.3, -0.25) is 4.79 Å². The van der Waals surface area contributed by atoms with Crippen molar-refractivity contribution < 1.29 is 9.53 Å². The first-order valence-corrected chi connectivity index (χ1v) is 10.2. The number of pyridine rings is 1. The fraction of sp³-hybridized carbons (Fsp3) is 0.304. The second-order valence-corrected chi connectivity index (χ2v) is 8.41. The number of hydrogen-bond acceptors (Lipinski definition) is 3. The molecule has 1 aliphatic rings. The molecule has 1 amide bonds. The molecule has 5 nitrogen and oxygen atoms in total. The number of carbonyl (C=O) groups excluding carboxylic acids is 1. The molecule has 6 heteroatoms. The van der Waals surface area contributed by atoms with Gasteiger partial charge in [-0.05, 0) is 74.6 Å². The lowest BCUT2D eigenvalue weighted by Gasteiger charge is -2.25. The number of amides is 1.